The molecule has 1 amide bonds. The quantitative estimate of drug-likeness (QED) is 0.440. The van der Waals surface area contributed by atoms with E-state index in [9.17, 15) is 22.4 Å². The second-order valence-electron chi connectivity index (χ2n) is 6.46. The first kappa shape index (κ1) is 19.5. The van der Waals surface area contributed by atoms with Gasteiger partial charge in [-0.3, -0.25) is 9.78 Å². The zero-order valence-corrected chi connectivity index (χ0v) is 15.2. The maximum absolute atomic E-state index is 14.4. The fourth-order valence-electron chi connectivity index (χ4n) is 3.03. The van der Waals surface area contributed by atoms with Crippen molar-refractivity contribution in [3.63, 3.8) is 0 Å². The number of halogens is 4. The van der Waals surface area contributed by atoms with E-state index in [4.69, 9.17) is 0 Å². The van der Waals surface area contributed by atoms with Crippen LogP contribution in [0, 0.1) is 5.82 Å². The minimum absolute atomic E-state index is 0.0335. The summed E-state index contributed by atoms with van der Waals surface area (Å²) in [5.74, 6) is -1.34. The summed E-state index contributed by atoms with van der Waals surface area (Å²) in [6.07, 6.45) is -1.60. The number of carbonyl (C=O) groups excluding carboxylic acids is 1. The summed E-state index contributed by atoms with van der Waals surface area (Å²) < 4.78 is 53.8. The van der Waals surface area contributed by atoms with E-state index in [0.29, 0.717) is 17.1 Å². The Morgan fingerprint density at radius 2 is 1.77 bits per heavy atom. The molecule has 4 rings (SSSR count). The first-order valence-corrected chi connectivity index (χ1v) is 8.81. The van der Waals surface area contributed by atoms with Gasteiger partial charge in [-0.05, 0) is 36.4 Å². The third-order valence-electron chi connectivity index (χ3n) is 4.46. The highest BCUT2D eigenvalue weighted by Crippen LogP contribution is 2.35. The largest absolute Gasteiger partial charge is 0.416 e. The molecule has 0 saturated heterocycles. The molecule has 2 heterocycles. The summed E-state index contributed by atoms with van der Waals surface area (Å²) in [5, 5.41) is 3.19. The number of alkyl halides is 3. The van der Waals surface area contributed by atoms with Gasteiger partial charge in [0, 0.05) is 22.7 Å². The number of rotatable bonds is 3. The lowest BCUT2D eigenvalue weighted by molar-refractivity contribution is -0.137. The van der Waals surface area contributed by atoms with Crippen LogP contribution in [0.4, 0.5) is 23.2 Å². The molecule has 0 spiro atoms. The van der Waals surface area contributed by atoms with Crippen LogP contribution in [-0.2, 0) is 6.18 Å². The smallest absolute Gasteiger partial charge is 0.319 e. The number of amides is 1. The van der Waals surface area contributed by atoms with E-state index in [0.717, 1.165) is 12.1 Å². The molecule has 2 aromatic heterocycles. The van der Waals surface area contributed by atoms with E-state index in [1.54, 1.807) is 36.5 Å². The predicted molar refractivity (Wildman–Crippen MR) is 104 cm³/mol. The maximum atomic E-state index is 14.4. The molecule has 30 heavy (non-hydrogen) atoms. The number of hydrogen-bond acceptors (Lipinski definition) is 3. The highest BCUT2D eigenvalue weighted by Gasteiger charge is 2.31. The molecule has 8 heteroatoms. The standard InChI is InChI=1S/C22H13F4N3O/c23-18-8-7-14(22(24,25)26)11-17(18)16-5-1-3-13-6-9-19(29-20(13)16)21(30)28-15-4-2-10-27-12-15/h1-12H,(H,28,30). The van der Waals surface area contributed by atoms with Gasteiger partial charge in [0.1, 0.15) is 11.5 Å². The Morgan fingerprint density at radius 3 is 2.50 bits per heavy atom. The van der Waals surface area contributed by atoms with Crippen molar-refractivity contribution in [3.05, 3.63) is 90.1 Å². The zero-order valence-electron chi connectivity index (χ0n) is 15.2. The van der Waals surface area contributed by atoms with Gasteiger partial charge >= 0.3 is 6.18 Å². The molecule has 0 aliphatic rings. The van der Waals surface area contributed by atoms with Crippen molar-refractivity contribution in [1.29, 1.82) is 0 Å². The van der Waals surface area contributed by atoms with Gasteiger partial charge in [-0.1, -0.05) is 24.3 Å². The Morgan fingerprint density at radius 1 is 0.933 bits per heavy atom. The molecular formula is C22H13F4N3O. The van der Waals surface area contributed by atoms with E-state index in [1.807, 2.05) is 0 Å². The highest BCUT2D eigenvalue weighted by atomic mass is 19.4. The molecule has 150 valence electrons. The van der Waals surface area contributed by atoms with Crippen molar-refractivity contribution in [2.45, 2.75) is 6.18 Å². The van der Waals surface area contributed by atoms with E-state index >= 15 is 0 Å². The monoisotopic (exact) mass is 411 g/mol. The number of para-hydroxylation sites is 1. The van der Waals surface area contributed by atoms with E-state index in [-0.39, 0.29) is 22.3 Å². The summed E-state index contributed by atoms with van der Waals surface area (Å²) >= 11 is 0. The van der Waals surface area contributed by atoms with Gasteiger partial charge in [0.15, 0.2) is 0 Å². The summed E-state index contributed by atoms with van der Waals surface area (Å²) in [6, 6.07) is 13.3. The number of carbonyl (C=O) groups is 1. The molecule has 0 unspecified atom stereocenters. The third-order valence-corrected chi connectivity index (χ3v) is 4.46. The molecule has 4 aromatic rings. The van der Waals surface area contributed by atoms with Crippen LogP contribution < -0.4 is 5.32 Å². The van der Waals surface area contributed by atoms with Crippen molar-refractivity contribution in [3.8, 4) is 11.1 Å². The topological polar surface area (TPSA) is 54.9 Å². The Balaban J connectivity index is 1.81. The van der Waals surface area contributed by atoms with Crippen molar-refractivity contribution in [2.24, 2.45) is 0 Å². The molecule has 2 aromatic carbocycles. The fraction of sp³-hybridized carbons (Fsp3) is 0.0455. The number of aromatic nitrogens is 2. The van der Waals surface area contributed by atoms with Crippen LogP contribution in [0.15, 0.2) is 73.1 Å². The van der Waals surface area contributed by atoms with Crippen LogP contribution >= 0.6 is 0 Å². The number of fused-ring (bicyclic) bond motifs is 1. The molecule has 0 atom stereocenters. The predicted octanol–water partition coefficient (Wildman–Crippen LogP) is 5.71. The minimum atomic E-state index is -4.62. The number of nitrogens with zero attached hydrogens (tertiary/aromatic N) is 2. The lowest BCUT2D eigenvalue weighted by Crippen LogP contribution is -2.13. The minimum Gasteiger partial charge on any atom is -0.319 e. The van der Waals surface area contributed by atoms with Gasteiger partial charge < -0.3 is 5.32 Å². The Kier molecular flexibility index (Phi) is 4.91. The highest BCUT2D eigenvalue weighted by molar-refractivity contribution is 6.05. The number of nitrogens with one attached hydrogen (secondary N) is 1. The normalized spacial score (nSPS) is 11.5. The molecule has 0 aliphatic heterocycles. The van der Waals surface area contributed by atoms with Gasteiger partial charge in [0.05, 0.1) is 23.0 Å². The molecule has 4 nitrogen and oxygen atoms in total. The van der Waals surface area contributed by atoms with Gasteiger partial charge in [-0.25, -0.2) is 9.37 Å². The van der Waals surface area contributed by atoms with Gasteiger partial charge in [-0.2, -0.15) is 13.2 Å². The molecule has 0 radical (unpaired) electrons. The van der Waals surface area contributed by atoms with Crippen LogP contribution in [0.1, 0.15) is 16.1 Å². The van der Waals surface area contributed by atoms with Crippen LogP contribution in [-0.4, -0.2) is 15.9 Å². The molecule has 0 aliphatic carbocycles. The van der Waals surface area contributed by atoms with Gasteiger partial charge in [0.25, 0.3) is 5.91 Å². The van der Waals surface area contributed by atoms with E-state index in [2.05, 4.69) is 15.3 Å². The molecule has 1 N–H and O–H groups in total. The Hall–Kier alpha value is -3.81. The third kappa shape index (κ3) is 3.84. The average molecular weight is 411 g/mol. The first-order chi connectivity index (χ1) is 14.3. The molecular weight excluding hydrogens is 398 g/mol. The van der Waals surface area contributed by atoms with Crippen LogP contribution in [0.2, 0.25) is 0 Å². The van der Waals surface area contributed by atoms with Crippen LogP contribution in [0.5, 0.6) is 0 Å². The Labute approximate surface area is 168 Å². The second-order valence-corrected chi connectivity index (χ2v) is 6.46. The van der Waals surface area contributed by atoms with Crippen molar-refractivity contribution < 1.29 is 22.4 Å². The van der Waals surface area contributed by atoms with Gasteiger partial charge in [-0.15, -0.1) is 0 Å². The SMILES string of the molecule is O=C(Nc1cccnc1)c1ccc2cccc(-c3cc(C(F)(F)F)ccc3F)c2n1. The average Bonchev–Trinajstić information content (AvgIpc) is 2.73. The molecule has 0 saturated carbocycles. The van der Waals surface area contributed by atoms with Gasteiger partial charge in [0.2, 0.25) is 0 Å². The van der Waals surface area contributed by atoms with Crippen molar-refractivity contribution >= 4 is 22.5 Å². The number of benzene rings is 2. The summed E-state index contributed by atoms with van der Waals surface area (Å²) in [7, 11) is 0. The first-order valence-electron chi connectivity index (χ1n) is 8.81. The van der Waals surface area contributed by atoms with Crippen LogP contribution in [0.3, 0.4) is 0 Å². The van der Waals surface area contributed by atoms with E-state index in [1.165, 1.54) is 18.3 Å². The summed E-state index contributed by atoms with van der Waals surface area (Å²) in [5.41, 5.74) is -0.344. The lowest BCUT2D eigenvalue weighted by Gasteiger charge is -2.12. The Bertz CT molecular complexity index is 1240. The number of hydrogen-bond donors (Lipinski definition) is 1. The maximum Gasteiger partial charge on any atom is 0.416 e. The molecule has 0 fully saturated rings. The number of anilines is 1. The van der Waals surface area contributed by atoms with E-state index < -0.39 is 23.5 Å². The molecule has 0 bridgehead atoms. The number of pyridine rings is 2. The van der Waals surface area contributed by atoms with Crippen LogP contribution in [0.25, 0.3) is 22.0 Å². The second kappa shape index (κ2) is 7.55. The summed E-state index contributed by atoms with van der Waals surface area (Å²) in [4.78, 5) is 20.7. The zero-order chi connectivity index (χ0) is 21.3. The fourth-order valence-corrected chi connectivity index (χ4v) is 3.03. The van der Waals surface area contributed by atoms with Crippen molar-refractivity contribution in [2.75, 3.05) is 5.32 Å². The van der Waals surface area contributed by atoms with Crippen molar-refractivity contribution in [1.82, 2.24) is 9.97 Å². The lowest BCUT2D eigenvalue weighted by atomic mass is 9.99. The summed E-state index contributed by atoms with van der Waals surface area (Å²) in [6.45, 7) is 0.